The molecule has 3 aromatic carbocycles. The van der Waals surface area contributed by atoms with E-state index in [0.717, 1.165) is 46.5 Å². The SMILES string of the molecule is COc1ccc(C(C)C)c(N2C(=O)CS/C2=N\C(=O)NCOc2ccc(-c3ncn(-c4ccc(OC(F)(F)F)cc4)n3)c(OC(F)(F)F)c2)c1. The lowest BCUT2D eigenvalue weighted by molar-refractivity contribution is -0.275. The number of aliphatic imine (C=N–C) groups is 1. The molecule has 1 aliphatic heterocycles. The van der Waals surface area contributed by atoms with E-state index in [2.05, 4.69) is 29.9 Å². The number of ether oxygens (including phenoxy) is 4. The van der Waals surface area contributed by atoms with Gasteiger partial charge in [-0.1, -0.05) is 31.7 Å². The van der Waals surface area contributed by atoms with Gasteiger partial charge in [-0.3, -0.25) is 9.69 Å². The van der Waals surface area contributed by atoms with Crippen molar-refractivity contribution in [3.05, 3.63) is 72.6 Å². The average molecular weight is 725 g/mol. The normalized spacial score (nSPS) is 14.3. The summed E-state index contributed by atoms with van der Waals surface area (Å²) in [6.07, 6.45) is -8.86. The minimum Gasteiger partial charge on any atom is -0.497 e. The number of amidine groups is 1. The quantitative estimate of drug-likeness (QED) is 0.135. The number of carbonyl (C=O) groups excluding carboxylic acids is 2. The molecule has 4 aromatic rings. The van der Waals surface area contributed by atoms with Crippen molar-refractivity contribution in [2.75, 3.05) is 24.5 Å². The van der Waals surface area contributed by atoms with E-state index in [9.17, 15) is 35.9 Å². The van der Waals surface area contributed by atoms with Crippen LogP contribution in [0, 0.1) is 0 Å². The molecule has 1 N–H and O–H groups in total. The van der Waals surface area contributed by atoms with Gasteiger partial charge in [0.1, 0.15) is 29.3 Å². The lowest BCUT2D eigenvalue weighted by atomic mass is 10.00. The van der Waals surface area contributed by atoms with Gasteiger partial charge in [0.2, 0.25) is 5.91 Å². The standard InChI is InChI=1S/C31H26F6N6O6S/c1-17(2)22-10-8-20(46-3)12-24(22)43-26(44)14-50-29(43)40-28(45)39-16-47-21-9-11-23(25(13-21)49-31(35,36)37)27-38-15-42(41-27)18-4-6-19(7-5-18)48-30(32,33)34/h4-13,15,17H,14,16H2,1-3H3,(H,39,45)/b40-29-. The first-order valence-corrected chi connectivity index (χ1v) is 15.4. The third-order valence-electron chi connectivity index (χ3n) is 6.77. The van der Waals surface area contributed by atoms with Crippen LogP contribution in [-0.4, -0.2) is 64.2 Å². The molecule has 5 rings (SSSR count). The highest BCUT2D eigenvalue weighted by Crippen LogP contribution is 2.37. The summed E-state index contributed by atoms with van der Waals surface area (Å²) in [6.45, 7) is 3.38. The Bertz CT molecular complexity index is 1900. The van der Waals surface area contributed by atoms with Gasteiger partial charge in [-0.05, 0) is 53.9 Å². The van der Waals surface area contributed by atoms with Crippen molar-refractivity contribution in [2.45, 2.75) is 32.5 Å². The second kappa shape index (κ2) is 14.6. The van der Waals surface area contributed by atoms with Gasteiger partial charge in [0.25, 0.3) is 0 Å². The van der Waals surface area contributed by atoms with Crippen LogP contribution in [0.3, 0.4) is 0 Å². The topological polar surface area (TPSA) is 129 Å². The molecule has 1 fully saturated rings. The van der Waals surface area contributed by atoms with Gasteiger partial charge < -0.3 is 24.3 Å². The first kappa shape index (κ1) is 35.8. The summed E-state index contributed by atoms with van der Waals surface area (Å²) < 4.78 is 97.2. The highest BCUT2D eigenvalue weighted by Gasteiger charge is 2.34. The van der Waals surface area contributed by atoms with Crippen molar-refractivity contribution in [3.8, 4) is 40.1 Å². The van der Waals surface area contributed by atoms with Crippen LogP contribution in [0.1, 0.15) is 25.3 Å². The molecule has 50 heavy (non-hydrogen) atoms. The number of hydrogen-bond acceptors (Lipinski definition) is 9. The maximum absolute atomic E-state index is 13.3. The summed E-state index contributed by atoms with van der Waals surface area (Å²) in [6, 6.07) is 12.3. The zero-order valence-electron chi connectivity index (χ0n) is 26.2. The van der Waals surface area contributed by atoms with E-state index in [1.807, 2.05) is 19.9 Å². The number of carbonyl (C=O) groups is 2. The van der Waals surface area contributed by atoms with Crippen LogP contribution in [0.4, 0.5) is 36.8 Å². The van der Waals surface area contributed by atoms with E-state index in [0.29, 0.717) is 11.4 Å². The predicted molar refractivity (Wildman–Crippen MR) is 169 cm³/mol. The molecular formula is C31H26F6N6O6S. The second-order valence-electron chi connectivity index (χ2n) is 10.5. The molecule has 0 aliphatic carbocycles. The summed E-state index contributed by atoms with van der Waals surface area (Å²) >= 11 is 1.06. The molecule has 0 radical (unpaired) electrons. The Balaban J connectivity index is 1.29. The van der Waals surface area contributed by atoms with E-state index in [-0.39, 0.29) is 45.6 Å². The summed E-state index contributed by atoms with van der Waals surface area (Å²) in [5.74, 6) is -1.27. The Morgan fingerprint density at radius 2 is 1.64 bits per heavy atom. The minimum absolute atomic E-state index is 0.0318. The molecule has 0 saturated carbocycles. The van der Waals surface area contributed by atoms with Gasteiger partial charge in [-0.15, -0.1) is 31.4 Å². The monoisotopic (exact) mass is 724 g/mol. The van der Waals surface area contributed by atoms with Gasteiger partial charge in [-0.2, -0.15) is 4.99 Å². The first-order chi connectivity index (χ1) is 23.6. The lowest BCUT2D eigenvalue weighted by Crippen LogP contribution is -2.33. The first-order valence-electron chi connectivity index (χ1n) is 14.4. The fourth-order valence-corrected chi connectivity index (χ4v) is 5.48. The third-order valence-corrected chi connectivity index (χ3v) is 7.70. The third kappa shape index (κ3) is 8.95. The number of rotatable bonds is 10. The van der Waals surface area contributed by atoms with Crippen molar-refractivity contribution < 1.29 is 54.9 Å². The van der Waals surface area contributed by atoms with E-state index in [4.69, 9.17) is 9.47 Å². The molecule has 3 amide bonds. The number of hydrogen-bond donors (Lipinski definition) is 1. The number of aromatic nitrogens is 3. The minimum atomic E-state index is -5.12. The number of urea groups is 1. The number of benzene rings is 3. The highest BCUT2D eigenvalue weighted by molar-refractivity contribution is 8.15. The Kier molecular flexibility index (Phi) is 10.4. The van der Waals surface area contributed by atoms with Gasteiger partial charge in [-0.25, -0.2) is 14.5 Å². The van der Waals surface area contributed by atoms with Crippen LogP contribution < -0.4 is 29.2 Å². The number of anilines is 1. The molecule has 19 heteroatoms. The number of methoxy groups -OCH3 is 1. The smallest absolute Gasteiger partial charge is 0.497 e. The van der Waals surface area contributed by atoms with Crippen LogP contribution in [0.2, 0.25) is 0 Å². The van der Waals surface area contributed by atoms with E-state index in [1.165, 1.54) is 36.3 Å². The van der Waals surface area contributed by atoms with Crippen LogP contribution in [0.5, 0.6) is 23.0 Å². The summed E-state index contributed by atoms with van der Waals surface area (Å²) in [7, 11) is 1.49. The molecule has 1 aromatic heterocycles. The van der Waals surface area contributed by atoms with E-state index < -0.39 is 37.0 Å². The molecule has 0 spiro atoms. The maximum atomic E-state index is 13.3. The van der Waals surface area contributed by atoms with Crippen molar-refractivity contribution in [2.24, 2.45) is 4.99 Å². The maximum Gasteiger partial charge on any atom is 0.573 e. The molecular weight excluding hydrogens is 698 g/mol. The zero-order valence-corrected chi connectivity index (χ0v) is 27.0. The molecule has 0 bridgehead atoms. The van der Waals surface area contributed by atoms with Crippen LogP contribution in [0.25, 0.3) is 17.1 Å². The molecule has 12 nitrogen and oxygen atoms in total. The molecule has 2 heterocycles. The van der Waals surface area contributed by atoms with Gasteiger partial charge >= 0.3 is 18.8 Å². The Hall–Kier alpha value is -5.46. The van der Waals surface area contributed by atoms with Crippen molar-refractivity contribution >= 4 is 34.6 Å². The summed E-state index contributed by atoms with van der Waals surface area (Å²) in [5, 5.41) is 6.60. The number of nitrogens with zero attached hydrogens (tertiary/aromatic N) is 5. The molecule has 264 valence electrons. The largest absolute Gasteiger partial charge is 0.573 e. The lowest BCUT2D eigenvalue weighted by Gasteiger charge is -2.22. The number of nitrogens with one attached hydrogen (secondary N) is 1. The van der Waals surface area contributed by atoms with Crippen LogP contribution >= 0.6 is 11.8 Å². The summed E-state index contributed by atoms with van der Waals surface area (Å²) in [4.78, 5) is 34.9. The number of thioether (sulfide) groups is 1. The predicted octanol–water partition coefficient (Wildman–Crippen LogP) is 7.05. The van der Waals surface area contributed by atoms with Gasteiger partial charge in [0, 0.05) is 12.1 Å². The zero-order chi connectivity index (χ0) is 36.2. The van der Waals surface area contributed by atoms with E-state index >= 15 is 0 Å². The van der Waals surface area contributed by atoms with Gasteiger partial charge in [0.05, 0.1) is 29.8 Å². The fourth-order valence-electron chi connectivity index (χ4n) is 4.62. The Morgan fingerprint density at radius 3 is 2.30 bits per heavy atom. The van der Waals surface area contributed by atoms with Crippen molar-refractivity contribution in [1.82, 2.24) is 20.1 Å². The Labute approximate surface area is 284 Å². The highest BCUT2D eigenvalue weighted by atomic mass is 32.2. The number of alkyl halides is 6. The van der Waals surface area contributed by atoms with E-state index in [1.54, 1.807) is 12.1 Å². The molecule has 0 atom stereocenters. The van der Waals surface area contributed by atoms with Gasteiger partial charge in [0.15, 0.2) is 17.7 Å². The average Bonchev–Trinajstić information content (AvgIpc) is 3.66. The molecule has 1 aliphatic rings. The molecule has 0 unspecified atom stereocenters. The Morgan fingerprint density at radius 1 is 0.960 bits per heavy atom. The van der Waals surface area contributed by atoms with Crippen LogP contribution in [0.15, 0.2) is 72.0 Å². The van der Waals surface area contributed by atoms with Crippen molar-refractivity contribution in [1.29, 1.82) is 0 Å². The summed E-state index contributed by atoms with van der Waals surface area (Å²) in [5.41, 5.74) is 1.39. The molecule has 1 saturated heterocycles. The number of halogens is 6. The van der Waals surface area contributed by atoms with Crippen molar-refractivity contribution in [3.63, 3.8) is 0 Å². The fraction of sp³-hybridized carbons (Fsp3) is 0.258. The second-order valence-corrected chi connectivity index (χ2v) is 11.5. The number of amides is 3. The van der Waals surface area contributed by atoms with Crippen LogP contribution in [-0.2, 0) is 4.79 Å².